The molecule has 0 N–H and O–H groups in total. The first-order valence-electron chi connectivity index (χ1n) is 6.05. The second kappa shape index (κ2) is 6.09. The van der Waals surface area contributed by atoms with Gasteiger partial charge in [-0.25, -0.2) is 9.78 Å². The van der Waals surface area contributed by atoms with E-state index in [1.54, 1.807) is 27.0 Å². The van der Waals surface area contributed by atoms with Crippen molar-refractivity contribution in [3.05, 3.63) is 34.1 Å². The lowest BCUT2D eigenvalue weighted by Gasteiger charge is -2.03. The molecule has 0 amide bonds. The molecule has 0 aliphatic heterocycles. The van der Waals surface area contributed by atoms with Crippen LogP contribution in [0.5, 0.6) is 5.75 Å². The molecular weight excluding hydrogens is 326 g/mol. The van der Waals surface area contributed by atoms with Crippen molar-refractivity contribution in [2.45, 2.75) is 13.8 Å². The minimum atomic E-state index is -0.503. The Bertz CT molecular complexity index is 636. The Labute approximate surface area is 125 Å². The van der Waals surface area contributed by atoms with Crippen LogP contribution in [0.4, 0.5) is 0 Å². The number of nitrogens with zero attached hydrogens (tertiary/aromatic N) is 1. The molecule has 0 aliphatic rings. The van der Waals surface area contributed by atoms with Gasteiger partial charge in [-0.2, -0.15) is 0 Å². The number of carbonyl (C=O) groups excluding carboxylic acids is 1. The predicted molar refractivity (Wildman–Crippen MR) is 76.9 cm³/mol. The Kier molecular flexibility index (Phi) is 4.44. The summed E-state index contributed by atoms with van der Waals surface area (Å²) in [6, 6.07) is 5.42. The highest BCUT2D eigenvalue weighted by molar-refractivity contribution is 9.10. The molecule has 0 bridgehead atoms. The lowest BCUT2D eigenvalue weighted by molar-refractivity contribution is 0.0490. The summed E-state index contributed by atoms with van der Waals surface area (Å²) in [5, 5.41) is 0. The van der Waals surface area contributed by atoms with Gasteiger partial charge in [0.05, 0.1) is 23.9 Å². The highest BCUT2D eigenvalue weighted by atomic mass is 79.9. The summed E-state index contributed by atoms with van der Waals surface area (Å²) in [5.41, 5.74) is 1.25. The van der Waals surface area contributed by atoms with Gasteiger partial charge in [-0.3, -0.25) is 0 Å². The normalized spacial score (nSPS) is 10.4. The van der Waals surface area contributed by atoms with Gasteiger partial charge in [-0.15, -0.1) is 0 Å². The second-order valence-corrected chi connectivity index (χ2v) is 4.86. The molecule has 2 aromatic rings. The van der Waals surface area contributed by atoms with E-state index in [9.17, 15) is 4.79 Å². The Morgan fingerprint density at radius 1 is 1.45 bits per heavy atom. The number of esters is 1. The van der Waals surface area contributed by atoms with Crippen LogP contribution >= 0.6 is 15.9 Å². The number of aromatic nitrogens is 1. The number of methoxy groups -OCH3 is 1. The van der Waals surface area contributed by atoms with Gasteiger partial charge in [-0.05, 0) is 48.0 Å². The molecule has 2 rings (SSSR count). The highest BCUT2D eigenvalue weighted by Crippen LogP contribution is 2.31. The quantitative estimate of drug-likeness (QED) is 0.796. The summed E-state index contributed by atoms with van der Waals surface area (Å²) in [4.78, 5) is 15.9. The third-order valence-corrected chi connectivity index (χ3v) is 3.28. The number of oxazole rings is 1. The Hall–Kier alpha value is -1.82. The molecule has 0 aliphatic carbocycles. The van der Waals surface area contributed by atoms with Crippen LogP contribution < -0.4 is 4.74 Å². The zero-order valence-electron chi connectivity index (χ0n) is 11.4. The highest BCUT2D eigenvalue weighted by Gasteiger charge is 2.19. The molecule has 6 heteroatoms. The van der Waals surface area contributed by atoms with Gasteiger partial charge in [-0.1, -0.05) is 0 Å². The molecule has 0 radical (unpaired) electrons. The third-order valence-electron chi connectivity index (χ3n) is 2.66. The molecular formula is C14H14BrNO4. The third kappa shape index (κ3) is 2.85. The van der Waals surface area contributed by atoms with E-state index < -0.39 is 5.97 Å². The average molecular weight is 340 g/mol. The fourth-order valence-electron chi connectivity index (χ4n) is 1.71. The lowest BCUT2D eigenvalue weighted by Crippen LogP contribution is -2.04. The molecule has 106 valence electrons. The van der Waals surface area contributed by atoms with E-state index in [4.69, 9.17) is 13.9 Å². The minimum Gasteiger partial charge on any atom is -0.496 e. The van der Waals surface area contributed by atoms with Gasteiger partial charge in [0.25, 0.3) is 0 Å². The number of benzene rings is 1. The summed E-state index contributed by atoms with van der Waals surface area (Å²) in [7, 11) is 1.59. The van der Waals surface area contributed by atoms with E-state index in [2.05, 4.69) is 20.9 Å². The van der Waals surface area contributed by atoms with Gasteiger partial charge in [0.2, 0.25) is 11.7 Å². The Morgan fingerprint density at radius 3 is 2.80 bits per heavy atom. The van der Waals surface area contributed by atoms with Gasteiger partial charge >= 0.3 is 5.97 Å². The van der Waals surface area contributed by atoms with E-state index >= 15 is 0 Å². The van der Waals surface area contributed by atoms with Crippen molar-refractivity contribution in [2.75, 3.05) is 13.7 Å². The smallest absolute Gasteiger partial charge is 0.376 e. The zero-order chi connectivity index (χ0) is 14.7. The molecule has 5 nitrogen and oxygen atoms in total. The average Bonchev–Trinajstić information content (AvgIpc) is 2.81. The van der Waals surface area contributed by atoms with Crippen molar-refractivity contribution in [3.63, 3.8) is 0 Å². The van der Waals surface area contributed by atoms with E-state index in [0.29, 0.717) is 23.9 Å². The summed E-state index contributed by atoms with van der Waals surface area (Å²) >= 11 is 3.40. The van der Waals surface area contributed by atoms with Crippen LogP contribution in [-0.4, -0.2) is 24.7 Å². The first-order valence-corrected chi connectivity index (χ1v) is 6.84. The summed E-state index contributed by atoms with van der Waals surface area (Å²) in [6.45, 7) is 3.74. The van der Waals surface area contributed by atoms with Crippen LogP contribution in [0.25, 0.3) is 11.5 Å². The molecule has 0 saturated heterocycles. The first kappa shape index (κ1) is 14.6. The summed E-state index contributed by atoms with van der Waals surface area (Å²) in [6.07, 6.45) is 0. The molecule has 0 spiro atoms. The zero-order valence-corrected chi connectivity index (χ0v) is 13.0. The number of ether oxygens (including phenoxy) is 2. The second-order valence-electron chi connectivity index (χ2n) is 4.00. The fourth-order valence-corrected chi connectivity index (χ4v) is 2.25. The van der Waals surface area contributed by atoms with Crippen molar-refractivity contribution >= 4 is 21.9 Å². The molecule has 20 heavy (non-hydrogen) atoms. The van der Waals surface area contributed by atoms with Crippen molar-refractivity contribution < 1.29 is 18.7 Å². The van der Waals surface area contributed by atoms with Crippen LogP contribution in [0, 0.1) is 6.92 Å². The molecule has 1 aromatic carbocycles. The minimum absolute atomic E-state index is 0.133. The molecule has 0 unspecified atom stereocenters. The van der Waals surface area contributed by atoms with Gasteiger partial charge in [0, 0.05) is 5.56 Å². The number of rotatable bonds is 4. The number of carbonyl (C=O) groups is 1. The van der Waals surface area contributed by atoms with Crippen LogP contribution in [-0.2, 0) is 4.74 Å². The SMILES string of the molecule is CCOC(=O)c1oc(-c2ccc(OC)c(Br)c2)nc1C. The van der Waals surface area contributed by atoms with Gasteiger partial charge in [0.1, 0.15) is 5.75 Å². The maximum atomic E-state index is 11.7. The van der Waals surface area contributed by atoms with Gasteiger partial charge in [0.15, 0.2) is 0 Å². The van der Waals surface area contributed by atoms with Crippen LogP contribution in [0.3, 0.4) is 0 Å². The van der Waals surface area contributed by atoms with Crippen molar-refractivity contribution in [1.29, 1.82) is 0 Å². The van der Waals surface area contributed by atoms with Crippen molar-refractivity contribution in [2.24, 2.45) is 0 Å². The monoisotopic (exact) mass is 339 g/mol. The largest absolute Gasteiger partial charge is 0.496 e. The lowest BCUT2D eigenvalue weighted by atomic mass is 10.2. The maximum absolute atomic E-state index is 11.7. The Morgan fingerprint density at radius 2 is 2.20 bits per heavy atom. The molecule has 0 fully saturated rings. The van der Waals surface area contributed by atoms with E-state index in [1.165, 1.54) is 0 Å². The van der Waals surface area contributed by atoms with E-state index in [1.807, 2.05) is 12.1 Å². The van der Waals surface area contributed by atoms with E-state index in [0.717, 1.165) is 10.0 Å². The topological polar surface area (TPSA) is 61.6 Å². The van der Waals surface area contributed by atoms with Crippen LogP contribution in [0.15, 0.2) is 27.1 Å². The number of aryl methyl sites for hydroxylation is 1. The number of hydrogen-bond donors (Lipinski definition) is 0. The van der Waals surface area contributed by atoms with Crippen LogP contribution in [0.2, 0.25) is 0 Å². The first-order chi connectivity index (χ1) is 9.56. The van der Waals surface area contributed by atoms with Crippen LogP contribution in [0.1, 0.15) is 23.2 Å². The molecule has 1 aromatic heterocycles. The van der Waals surface area contributed by atoms with Crippen molar-refractivity contribution in [1.82, 2.24) is 4.98 Å². The number of hydrogen-bond acceptors (Lipinski definition) is 5. The molecule has 0 atom stereocenters. The van der Waals surface area contributed by atoms with Gasteiger partial charge < -0.3 is 13.9 Å². The predicted octanol–water partition coefficient (Wildman–Crippen LogP) is 3.60. The Balaban J connectivity index is 2.37. The fraction of sp³-hybridized carbons (Fsp3) is 0.286. The summed E-state index contributed by atoms with van der Waals surface area (Å²) < 4.78 is 16.4. The molecule has 1 heterocycles. The maximum Gasteiger partial charge on any atom is 0.376 e. The standard InChI is InChI=1S/C14H14BrNO4/c1-4-19-14(17)12-8(2)16-13(20-12)9-5-6-11(18-3)10(15)7-9/h5-7H,4H2,1-3H3. The van der Waals surface area contributed by atoms with Crippen molar-refractivity contribution in [3.8, 4) is 17.2 Å². The molecule has 0 saturated carbocycles. The number of halogens is 1. The van der Waals surface area contributed by atoms with E-state index in [-0.39, 0.29) is 5.76 Å². The summed E-state index contributed by atoms with van der Waals surface area (Å²) in [5.74, 6) is 0.710.